The number of benzene rings is 1. The number of amides is 3. The van der Waals surface area contributed by atoms with E-state index >= 15 is 0 Å². The molecule has 0 radical (unpaired) electrons. The van der Waals surface area contributed by atoms with Crippen LogP contribution < -0.4 is 21.1 Å². The smallest absolute Gasteiger partial charge is 0.287 e. The van der Waals surface area contributed by atoms with E-state index in [-0.39, 0.29) is 45.7 Å². The van der Waals surface area contributed by atoms with Crippen molar-refractivity contribution in [3.63, 3.8) is 0 Å². The summed E-state index contributed by atoms with van der Waals surface area (Å²) in [6, 6.07) is 7.76. The van der Waals surface area contributed by atoms with Crippen molar-refractivity contribution in [3.8, 4) is 0 Å². The fourth-order valence-corrected chi connectivity index (χ4v) is 8.32. The van der Waals surface area contributed by atoms with Gasteiger partial charge in [0.05, 0.1) is 23.8 Å². The largest absolute Gasteiger partial charge is 0.378 e. The molecule has 0 bridgehead atoms. The normalized spacial score (nSPS) is 24.6. The molecule has 3 atom stereocenters. The highest BCUT2D eigenvalue weighted by atomic mass is 35.5. The van der Waals surface area contributed by atoms with Gasteiger partial charge in [-0.2, -0.15) is 10.2 Å². The molecule has 3 amide bonds. The van der Waals surface area contributed by atoms with Gasteiger partial charge in [0.2, 0.25) is 5.91 Å². The molecule has 0 aliphatic carbocycles. The highest BCUT2D eigenvalue weighted by molar-refractivity contribution is 6.32. The maximum Gasteiger partial charge on any atom is 0.287 e. The second kappa shape index (κ2) is 13.6. The van der Waals surface area contributed by atoms with Crippen molar-refractivity contribution < 1.29 is 14.4 Å². The number of likely N-dealkylation sites (N-methyl/N-ethyl adjacent to an activating group) is 1. The van der Waals surface area contributed by atoms with Gasteiger partial charge in [0.25, 0.3) is 17.4 Å². The van der Waals surface area contributed by atoms with Gasteiger partial charge < -0.3 is 20.0 Å². The number of aromatic nitrogens is 4. The Hall–Kier alpha value is -4.23. The van der Waals surface area contributed by atoms with Crippen LogP contribution in [0.3, 0.4) is 0 Å². The number of piperidine rings is 4. The van der Waals surface area contributed by atoms with E-state index in [1.54, 1.807) is 17.9 Å². The number of hydrogen-bond acceptors (Lipinski definition) is 9. The Balaban J connectivity index is 0.907. The molecule has 2 N–H and O–H groups in total. The molecule has 4 saturated heterocycles. The minimum absolute atomic E-state index is 0.0906. The molecule has 49 heavy (non-hydrogen) atoms. The van der Waals surface area contributed by atoms with Gasteiger partial charge in [-0.3, -0.25) is 29.2 Å². The molecule has 3 aromatic rings. The SMILES string of the molecule is CN1CC(Nc2cnn(C)c(=O)c2Cl)CC(c2ccc(C(=O)N3CCC4(CC3)CCN(c3cnn(C5CCC(=O)NC5=O)c3)CC4)cc2)C1. The van der Waals surface area contributed by atoms with Gasteiger partial charge in [-0.1, -0.05) is 23.7 Å². The highest BCUT2D eigenvalue weighted by Gasteiger charge is 2.39. The first-order valence-corrected chi connectivity index (χ1v) is 17.6. The van der Waals surface area contributed by atoms with Crippen LogP contribution in [0.15, 0.2) is 47.7 Å². The zero-order chi connectivity index (χ0) is 34.3. The lowest BCUT2D eigenvalue weighted by atomic mass is 9.71. The van der Waals surface area contributed by atoms with Crippen LogP contribution >= 0.6 is 11.6 Å². The molecule has 4 aliphatic rings. The molecule has 4 fully saturated rings. The van der Waals surface area contributed by atoms with Gasteiger partial charge in [-0.15, -0.1) is 0 Å². The summed E-state index contributed by atoms with van der Waals surface area (Å²) in [5.41, 5.74) is 3.39. The first-order chi connectivity index (χ1) is 23.6. The van der Waals surface area contributed by atoms with E-state index in [2.05, 4.69) is 49.8 Å². The second-order valence-electron chi connectivity index (χ2n) is 14.3. The molecule has 0 saturated carbocycles. The number of carbonyl (C=O) groups excluding carboxylic acids is 3. The topological polar surface area (TPSA) is 138 Å². The van der Waals surface area contributed by atoms with Crippen LogP contribution in [-0.2, 0) is 16.6 Å². The van der Waals surface area contributed by atoms with Gasteiger partial charge in [-0.25, -0.2) is 4.68 Å². The lowest BCUT2D eigenvalue weighted by molar-refractivity contribution is -0.135. The first kappa shape index (κ1) is 33.3. The number of anilines is 2. The van der Waals surface area contributed by atoms with Crippen molar-refractivity contribution in [3.05, 3.63) is 69.4 Å². The van der Waals surface area contributed by atoms with Crippen LogP contribution in [0.2, 0.25) is 5.02 Å². The Bertz CT molecular complexity index is 1770. The molecule has 7 rings (SSSR count). The van der Waals surface area contributed by atoms with Crippen molar-refractivity contribution >= 4 is 40.7 Å². The molecule has 2 aromatic heterocycles. The molecular formula is C35H44ClN9O4. The number of aryl methyl sites for hydroxylation is 1. The molecule has 260 valence electrons. The second-order valence-corrected chi connectivity index (χ2v) is 14.7. The van der Waals surface area contributed by atoms with Gasteiger partial charge in [0.15, 0.2) is 0 Å². The summed E-state index contributed by atoms with van der Waals surface area (Å²) >= 11 is 6.31. The van der Waals surface area contributed by atoms with Crippen LogP contribution in [0.25, 0.3) is 0 Å². The van der Waals surface area contributed by atoms with E-state index in [1.807, 2.05) is 29.4 Å². The van der Waals surface area contributed by atoms with Crippen molar-refractivity contribution in [1.29, 1.82) is 0 Å². The van der Waals surface area contributed by atoms with E-state index in [1.165, 1.54) is 10.2 Å². The van der Waals surface area contributed by atoms with Crippen molar-refractivity contribution in [1.82, 2.24) is 34.7 Å². The average Bonchev–Trinajstić information content (AvgIpc) is 3.59. The Labute approximate surface area is 290 Å². The minimum Gasteiger partial charge on any atom is -0.378 e. The third kappa shape index (κ3) is 6.96. The minimum atomic E-state index is -0.443. The number of likely N-dealkylation sites (tertiary alicyclic amines) is 2. The van der Waals surface area contributed by atoms with E-state index < -0.39 is 6.04 Å². The van der Waals surface area contributed by atoms with Crippen LogP contribution in [0, 0.1) is 5.41 Å². The molecule has 1 aromatic carbocycles. The maximum atomic E-state index is 13.6. The third-order valence-electron chi connectivity index (χ3n) is 11.1. The van der Waals surface area contributed by atoms with Crippen LogP contribution in [-0.4, -0.2) is 99.4 Å². The Morgan fingerprint density at radius 2 is 1.67 bits per heavy atom. The van der Waals surface area contributed by atoms with Crippen molar-refractivity contribution in [2.45, 2.75) is 62.9 Å². The fraction of sp³-hybridized carbons (Fsp3) is 0.543. The van der Waals surface area contributed by atoms with E-state index in [0.717, 1.165) is 82.6 Å². The first-order valence-electron chi connectivity index (χ1n) is 17.3. The van der Waals surface area contributed by atoms with Crippen LogP contribution in [0.4, 0.5) is 11.4 Å². The van der Waals surface area contributed by atoms with Gasteiger partial charge in [0, 0.05) is 70.5 Å². The predicted molar refractivity (Wildman–Crippen MR) is 186 cm³/mol. The Morgan fingerprint density at radius 3 is 2.39 bits per heavy atom. The predicted octanol–water partition coefficient (Wildman–Crippen LogP) is 3.03. The molecule has 6 heterocycles. The summed E-state index contributed by atoms with van der Waals surface area (Å²) in [5.74, 6) is -0.154. The molecular weight excluding hydrogens is 646 g/mol. The molecule has 1 spiro atoms. The number of rotatable bonds is 6. The molecule has 4 aliphatic heterocycles. The zero-order valence-electron chi connectivity index (χ0n) is 28.1. The standard InChI is InChI=1S/C35H44ClN9O4/c1-41-20-25(17-26(21-41)39-28-19-37-42(2)34(49)31(28)36)23-3-5-24(6-4-23)33(48)44-15-11-35(12-16-44)9-13-43(14-10-35)27-18-38-45(22-27)29-7-8-30(46)40-32(29)47/h3-6,18-19,22,25-26,29,39H,7-17,20-21H2,1-2H3,(H,40,46,47). The highest BCUT2D eigenvalue weighted by Crippen LogP contribution is 2.42. The van der Waals surface area contributed by atoms with Crippen LogP contribution in [0.5, 0.6) is 0 Å². The number of nitrogens with one attached hydrogen (secondary N) is 2. The number of halogens is 1. The van der Waals surface area contributed by atoms with Crippen molar-refractivity contribution in [2.24, 2.45) is 12.5 Å². The summed E-state index contributed by atoms with van der Waals surface area (Å²) < 4.78 is 2.91. The maximum absolute atomic E-state index is 13.6. The van der Waals surface area contributed by atoms with Crippen LogP contribution in [0.1, 0.15) is 72.8 Å². The monoisotopic (exact) mass is 689 g/mol. The quantitative estimate of drug-likeness (QED) is 0.374. The fourth-order valence-electron chi connectivity index (χ4n) is 8.10. The number of nitrogens with zero attached hydrogens (tertiary/aromatic N) is 7. The summed E-state index contributed by atoms with van der Waals surface area (Å²) in [6.45, 7) is 5.07. The van der Waals surface area contributed by atoms with Gasteiger partial charge in [-0.05, 0) is 74.6 Å². The lowest BCUT2D eigenvalue weighted by Gasteiger charge is -2.47. The summed E-state index contributed by atoms with van der Waals surface area (Å²) in [6.07, 6.45) is 11.1. The number of imide groups is 1. The summed E-state index contributed by atoms with van der Waals surface area (Å²) in [5, 5.41) is 14.6. The van der Waals surface area contributed by atoms with E-state index in [4.69, 9.17) is 11.6 Å². The molecule has 3 unspecified atom stereocenters. The Morgan fingerprint density at radius 1 is 0.959 bits per heavy atom. The molecule has 14 heteroatoms. The lowest BCUT2D eigenvalue weighted by Crippen LogP contribution is -2.48. The van der Waals surface area contributed by atoms with Gasteiger partial charge in [0.1, 0.15) is 11.1 Å². The molecule has 13 nitrogen and oxygen atoms in total. The number of carbonyl (C=O) groups is 3. The number of hydrogen-bond donors (Lipinski definition) is 2. The zero-order valence-corrected chi connectivity index (χ0v) is 28.9. The summed E-state index contributed by atoms with van der Waals surface area (Å²) in [4.78, 5) is 56.2. The van der Waals surface area contributed by atoms with Crippen molar-refractivity contribution in [2.75, 3.05) is 56.5 Å². The third-order valence-corrected chi connectivity index (χ3v) is 11.5. The van der Waals surface area contributed by atoms with E-state index in [0.29, 0.717) is 18.5 Å². The van der Waals surface area contributed by atoms with E-state index in [9.17, 15) is 19.2 Å². The summed E-state index contributed by atoms with van der Waals surface area (Å²) in [7, 11) is 3.67. The van der Waals surface area contributed by atoms with Gasteiger partial charge >= 0.3 is 0 Å². The average molecular weight is 690 g/mol. The Kier molecular flexibility index (Phi) is 9.23.